The quantitative estimate of drug-likeness (QED) is 0.841. The third kappa shape index (κ3) is 2.28. The normalized spacial score (nSPS) is 19.8. The minimum absolute atomic E-state index is 0.0715. The molecular weight excluding hydrogens is 240 g/mol. The van der Waals surface area contributed by atoms with Crippen molar-refractivity contribution in [1.82, 2.24) is 9.97 Å². The number of benzene rings is 1. The van der Waals surface area contributed by atoms with Gasteiger partial charge < -0.3 is 9.72 Å². The molecule has 0 bridgehead atoms. The molecule has 2 aromatic rings. The summed E-state index contributed by atoms with van der Waals surface area (Å²) in [5, 5.41) is 0. The van der Waals surface area contributed by atoms with Crippen molar-refractivity contribution in [2.45, 2.75) is 39.2 Å². The van der Waals surface area contributed by atoms with Gasteiger partial charge in [0.2, 0.25) is 0 Å². The minimum atomic E-state index is 0.0715. The van der Waals surface area contributed by atoms with Crippen LogP contribution in [-0.2, 0) is 4.74 Å². The van der Waals surface area contributed by atoms with Crippen LogP contribution in [0.4, 0.5) is 0 Å². The van der Waals surface area contributed by atoms with Gasteiger partial charge in [0.05, 0.1) is 11.0 Å². The Balaban J connectivity index is 2.02. The number of nitrogens with one attached hydrogen (secondary N) is 1. The Morgan fingerprint density at radius 3 is 2.95 bits per heavy atom. The van der Waals surface area contributed by atoms with E-state index in [1.54, 1.807) is 6.92 Å². The molecule has 4 nitrogen and oxygen atoms in total. The Morgan fingerprint density at radius 2 is 2.26 bits per heavy atom. The predicted octanol–water partition coefficient (Wildman–Crippen LogP) is 3.32. The standard InChI is InChI=1S/C15H18N2O2/c1-9-7-12-13(8-11(9)10(2)18)17-15(16-12)14-5-3-4-6-19-14/h7-8,14H,3-6H2,1-2H3,(H,16,17). The van der Waals surface area contributed by atoms with Crippen molar-refractivity contribution in [2.24, 2.45) is 0 Å². The summed E-state index contributed by atoms with van der Waals surface area (Å²) in [6.07, 6.45) is 3.39. The number of aryl methyl sites for hydroxylation is 1. The highest BCUT2D eigenvalue weighted by Crippen LogP contribution is 2.28. The predicted molar refractivity (Wildman–Crippen MR) is 73.4 cm³/mol. The molecule has 1 atom stereocenters. The lowest BCUT2D eigenvalue weighted by Gasteiger charge is -2.20. The molecule has 1 aliphatic rings. The van der Waals surface area contributed by atoms with Crippen LogP contribution in [0.5, 0.6) is 0 Å². The molecule has 1 aromatic carbocycles. The summed E-state index contributed by atoms with van der Waals surface area (Å²) in [5.74, 6) is 0.965. The number of carbonyl (C=O) groups excluding carboxylic acids is 1. The molecule has 0 radical (unpaired) electrons. The number of hydrogen-bond acceptors (Lipinski definition) is 3. The molecule has 0 aliphatic carbocycles. The van der Waals surface area contributed by atoms with E-state index < -0.39 is 0 Å². The average Bonchev–Trinajstić information content (AvgIpc) is 2.81. The number of Topliss-reactive ketones (excluding diaryl/α,β-unsaturated/α-hetero) is 1. The lowest BCUT2D eigenvalue weighted by Crippen LogP contribution is -2.12. The Labute approximate surface area is 112 Å². The average molecular weight is 258 g/mol. The molecular formula is C15H18N2O2. The minimum Gasteiger partial charge on any atom is -0.370 e. The fourth-order valence-corrected chi connectivity index (χ4v) is 2.67. The number of hydrogen-bond donors (Lipinski definition) is 1. The number of imidazole rings is 1. The van der Waals surface area contributed by atoms with Gasteiger partial charge in [-0.1, -0.05) is 0 Å². The maximum Gasteiger partial charge on any atom is 0.160 e. The second kappa shape index (κ2) is 4.78. The molecule has 2 heterocycles. The zero-order valence-electron chi connectivity index (χ0n) is 11.3. The molecule has 1 unspecified atom stereocenters. The molecule has 1 saturated heterocycles. The van der Waals surface area contributed by atoms with E-state index in [1.165, 1.54) is 6.42 Å². The largest absolute Gasteiger partial charge is 0.370 e. The summed E-state index contributed by atoms with van der Waals surface area (Å²) in [6, 6.07) is 3.86. The zero-order chi connectivity index (χ0) is 13.4. The van der Waals surface area contributed by atoms with Gasteiger partial charge in [0.25, 0.3) is 0 Å². The van der Waals surface area contributed by atoms with Crippen molar-refractivity contribution in [3.63, 3.8) is 0 Å². The fourth-order valence-electron chi connectivity index (χ4n) is 2.67. The Kier molecular flexibility index (Phi) is 3.11. The van der Waals surface area contributed by atoms with Crippen LogP contribution in [0, 0.1) is 6.92 Å². The van der Waals surface area contributed by atoms with Crippen LogP contribution in [0.15, 0.2) is 12.1 Å². The van der Waals surface area contributed by atoms with E-state index in [4.69, 9.17) is 4.74 Å². The number of ketones is 1. The van der Waals surface area contributed by atoms with Gasteiger partial charge in [-0.3, -0.25) is 4.79 Å². The summed E-state index contributed by atoms with van der Waals surface area (Å²) in [5.41, 5.74) is 3.56. The lowest BCUT2D eigenvalue weighted by molar-refractivity contribution is 0.0101. The third-order valence-corrected chi connectivity index (χ3v) is 3.71. The van der Waals surface area contributed by atoms with Crippen LogP contribution in [0.3, 0.4) is 0 Å². The number of fused-ring (bicyclic) bond motifs is 1. The molecule has 0 spiro atoms. The summed E-state index contributed by atoms with van der Waals surface area (Å²) >= 11 is 0. The van der Waals surface area contributed by atoms with Crippen molar-refractivity contribution in [2.75, 3.05) is 6.61 Å². The van der Waals surface area contributed by atoms with E-state index in [0.29, 0.717) is 0 Å². The van der Waals surface area contributed by atoms with E-state index >= 15 is 0 Å². The molecule has 19 heavy (non-hydrogen) atoms. The van der Waals surface area contributed by atoms with Gasteiger partial charge in [0.15, 0.2) is 5.78 Å². The van der Waals surface area contributed by atoms with Gasteiger partial charge in [-0.25, -0.2) is 4.98 Å². The second-order valence-electron chi connectivity index (χ2n) is 5.22. The summed E-state index contributed by atoms with van der Waals surface area (Å²) in [6.45, 7) is 4.35. The smallest absolute Gasteiger partial charge is 0.160 e. The second-order valence-corrected chi connectivity index (χ2v) is 5.22. The fraction of sp³-hybridized carbons (Fsp3) is 0.467. The summed E-state index contributed by atoms with van der Waals surface area (Å²) < 4.78 is 5.74. The summed E-state index contributed by atoms with van der Waals surface area (Å²) in [7, 11) is 0. The lowest BCUT2D eigenvalue weighted by atomic mass is 10.0. The molecule has 1 aromatic heterocycles. The highest BCUT2D eigenvalue weighted by Gasteiger charge is 2.20. The summed E-state index contributed by atoms with van der Waals surface area (Å²) in [4.78, 5) is 19.5. The maximum atomic E-state index is 11.6. The maximum absolute atomic E-state index is 11.6. The van der Waals surface area contributed by atoms with E-state index in [9.17, 15) is 4.79 Å². The van der Waals surface area contributed by atoms with Crippen LogP contribution in [0.25, 0.3) is 11.0 Å². The SMILES string of the molecule is CC(=O)c1cc2nc(C3CCCCO3)[nH]c2cc1C. The van der Waals surface area contributed by atoms with Gasteiger partial charge in [-0.15, -0.1) is 0 Å². The first-order valence-corrected chi connectivity index (χ1v) is 6.78. The first-order chi connectivity index (χ1) is 9.15. The number of nitrogens with zero attached hydrogens (tertiary/aromatic N) is 1. The highest BCUT2D eigenvalue weighted by molar-refractivity contribution is 5.98. The molecule has 100 valence electrons. The number of rotatable bonds is 2. The van der Waals surface area contributed by atoms with Gasteiger partial charge in [0, 0.05) is 12.2 Å². The number of carbonyl (C=O) groups is 1. The van der Waals surface area contributed by atoms with Crippen molar-refractivity contribution in [1.29, 1.82) is 0 Å². The van der Waals surface area contributed by atoms with Gasteiger partial charge >= 0.3 is 0 Å². The van der Waals surface area contributed by atoms with Gasteiger partial charge in [-0.05, 0) is 50.8 Å². The third-order valence-electron chi connectivity index (χ3n) is 3.71. The molecule has 4 heteroatoms. The number of aromatic nitrogens is 2. The Morgan fingerprint density at radius 1 is 1.42 bits per heavy atom. The van der Waals surface area contributed by atoms with E-state index in [2.05, 4.69) is 9.97 Å². The van der Waals surface area contributed by atoms with Crippen LogP contribution in [0.1, 0.15) is 54.0 Å². The Bertz CT molecular complexity index is 624. The van der Waals surface area contributed by atoms with Crippen molar-refractivity contribution < 1.29 is 9.53 Å². The van der Waals surface area contributed by atoms with E-state index in [1.807, 2.05) is 19.1 Å². The Hall–Kier alpha value is -1.68. The van der Waals surface area contributed by atoms with E-state index in [0.717, 1.165) is 47.4 Å². The molecule has 1 fully saturated rings. The van der Waals surface area contributed by atoms with Crippen molar-refractivity contribution in [3.05, 3.63) is 29.1 Å². The molecule has 0 saturated carbocycles. The van der Waals surface area contributed by atoms with E-state index in [-0.39, 0.29) is 11.9 Å². The molecule has 1 aliphatic heterocycles. The van der Waals surface area contributed by atoms with Crippen molar-refractivity contribution >= 4 is 16.8 Å². The highest BCUT2D eigenvalue weighted by atomic mass is 16.5. The molecule has 3 rings (SSSR count). The zero-order valence-corrected chi connectivity index (χ0v) is 11.3. The number of aromatic amines is 1. The van der Waals surface area contributed by atoms with Crippen molar-refractivity contribution in [3.8, 4) is 0 Å². The molecule has 0 amide bonds. The van der Waals surface area contributed by atoms with Gasteiger partial charge in [-0.2, -0.15) is 0 Å². The number of ether oxygens (including phenoxy) is 1. The number of H-pyrrole nitrogens is 1. The van der Waals surface area contributed by atoms with Crippen LogP contribution < -0.4 is 0 Å². The first kappa shape index (κ1) is 12.4. The first-order valence-electron chi connectivity index (χ1n) is 6.78. The molecule has 1 N–H and O–H groups in total. The monoisotopic (exact) mass is 258 g/mol. The van der Waals surface area contributed by atoms with Crippen LogP contribution >= 0.6 is 0 Å². The topological polar surface area (TPSA) is 55.0 Å². The van der Waals surface area contributed by atoms with Crippen LogP contribution in [-0.4, -0.2) is 22.4 Å². The van der Waals surface area contributed by atoms with Gasteiger partial charge in [0.1, 0.15) is 11.9 Å². The van der Waals surface area contributed by atoms with Crippen LogP contribution in [0.2, 0.25) is 0 Å².